The maximum Gasteiger partial charge on any atom is 0.181 e. The van der Waals surface area contributed by atoms with Crippen molar-refractivity contribution in [3.63, 3.8) is 0 Å². The maximum atomic E-state index is 13.3. The summed E-state index contributed by atoms with van der Waals surface area (Å²) in [6.45, 7) is 0.882. The normalized spacial score (nSPS) is 20.2. The van der Waals surface area contributed by atoms with Gasteiger partial charge in [-0.1, -0.05) is 6.42 Å². The molecule has 1 unspecified atom stereocenters. The number of carbonyl (C=O) groups excluding carboxylic acids is 1. The number of H-pyrrole nitrogens is 1. The Morgan fingerprint density at radius 2 is 2.22 bits per heavy atom. The Bertz CT molecular complexity index is 584. The van der Waals surface area contributed by atoms with Crippen LogP contribution < -0.4 is 5.32 Å². The third kappa shape index (κ3) is 1.93. The smallest absolute Gasteiger partial charge is 0.181 e. The molecular weight excluding hydrogens is 231 g/mol. The highest BCUT2D eigenvalue weighted by Gasteiger charge is 2.24. The number of aromatic amines is 1. The third-order valence-corrected chi connectivity index (χ3v) is 3.54. The number of fused-ring (bicyclic) bond motifs is 1. The van der Waals surface area contributed by atoms with Crippen LogP contribution in [0.3, 0.4) is 0 Å². The van der Waals surface area contributed by atoms with Crippen molar-refractivity contribution in [3.05, 3.63) is 35.8 Å². The Balaban J connectivity index is 1.98. The van der Waals surface area contributed by atoms with Crippen molar-refractivity contribution in [2.24, 2.45) is 0 Å². The standard InChI is InChI=1S/C14H15FN2O/c15-9-4-5-12-10(7-9)11(8-17-12)14(18)13-3-1-2-6-16-13/h4-5,7-8,13,16-17H,1-3,6H2. The van der Waals surface area contributed by atoms with Crippen molar-refractivity contribution in [1.82, 2.24) is 10.3 Å². The Morgan fingerprint density at radius 3 is 3.00 bits per heavy atom. The van der Waals surface area contributed by atoms with Crippen LogP contribution in [0, 0.1) is 5.82 Å². The van der Waals surface area contributed by atoms with E-state index in [0.29, 0.717) is 10.9 Å². The number of Topliss-reactive ketones (excluding diaryl/α,β-unsaturated/α-hetero) is 1. The predicted molar refractivity (Wildman–Crippen MR) is 68.2 cm³/mol. The van der Waals surface area contributed by atoms with Crippen LogP contribution in [0.25, 0.3) is 10.9 Å². The first-order chi connectivity index (χ1) is 8.75. The molecule has 18 heavy (non-hydrogen) atoms. The molecule has 94 valence electrons. The number of piperidine rings is 1. The number of aromatic nitrogens is 1. The van der Waals surface area contributed by atoms with Gasteiger partial charge in [0.05, 0.1) is 6.04 Å². The summed E-state index contributed by atoms with van der Waals surface area (Å²) >= 11 is 0. The number of nitrogens with one attached hydrogen (secondary N) is 2. The summed E-state index contributed by atoms with van der Waals surface area (Å²) in [5.74, 6) is -0.251. The van der Waals surface area contributed by atoms with E-state index in [2.05, 4.69) is 10.3 Å². The molecule has 0 amide bonds. The molecule has 2 heterocycles. The van der Waals surface area contributed by atoms with E-state index < -0.39 is 0 Å². The second-order valence-corrected chi connectivity index (χ2v) is 4.76. The molecule has 0 bridgehead atoms. The molecule has 3 rings (SSSR count). The molecule has 1 fully saturated rings. The number of hydrogen-bond acceptors (Lipinski definition) is 2. The summed E-state index contributed by atoms with van der Waals surface area (Å²) in [5, 5.41) is 3.90. The molecule has 2 aromatic rings. The molecule has 1 aliphatic heterocycles. The van der Waals surface area contributed by atoms with Crippen LogP contribution in [0.15, 0.2) is 24.4 Å². The van der Waals surface area contributed by atoms with Crippen molar-refractivity contribution >= 4 is 16.7 Å². The van der Waals surface area contributed by atoms with Gasteiger partial charge in [-0.05, 0) is 37.6 Å². The predicted octanol–water partition coefficient (Wildman–Crippen LogP) is 2.63. The Hall–Kier alpha value is -1.68. The van der Waals surface area contributed by atoms with Crippen molar-refractivity contribution in [2.75, 3.05) is 6.54 Å². The molecule has 1 atom stereocenters. The molecule has 0 spiro atoms. The minimum absolute atomic E-state index is 0.0616. The van der Waals surface area contributed by atoms with Gasteiger partial charge in [-0.25, -0.2) is 4.39 Å². The largest absolute Gasteiger partial charge is 0.360 e. The van der Waals surface area contributed by atoms with E-state index in [4.69, 9.17) is 0 Å². The maximum absolute atomic E-state index is 13.3. The minimum atomic E-state index is -0.312. The number of ketones is 1. The summed E-state index contributed by atoms with van der Waals surface area (Å²) in [5.41, 5.74) is 1.39. The monoisotopic (exact) mass is 246 g/mol. The fraction of sp³-hybridized carbons (Fsp3) is 0.357. The molecule has 0 saturated carbocycles. The van der Waals surface area contributed by atoms with Crippen molar-refractivity contribution in [3.8, 4) is 0 Å². The van der Waals surface area contributed by atoms with E-state index in [1.165, 1.54) is 12.1 Å². The van der Waals surface area contributed by atoms with E-state index in [0.717, 1.165) is 31.3 Å². The average Bonchev–Trinajstić information content (AvgIpc) is 2.82. The van der Waals surface area contributed by atoms with Gasteiger partial charge in [0, 0.05) is 22.7 Å². The highest BCUT2D eigenvalue weighted by Crippen LogP contribution is 2.22. The van der Waals surface area contributed by atoms with Crippen LogP contribution >= 0.6 is 0 Å². The number of hydrogen-bond donors (Lipinski definition) is 2. The van der Waals surface area contributed by atoms with E-state index in [-0.39, 0.29) is 17.6 Å². The lowest BCUT2D eigenvalue weighted by Gasteiger charge is -2.21. The van der Waals surface area contributed by atoms with Gasteiger partial charge >= 0.3 is 0 Å². The fourth-order valence-electron chi connectivity index (χ4n) is 2.56. The Morgan fingerprint density at radius 1 is 1.33 bits per heavy atom. The zero-order chi connectivity index (χ0) is 12.5. The molecule has 1 aliphatic rings. The van der Waals surface area contributed by atoms with Gasteiger partial charge in [0.15, 0.2) is 5.78 Å². The third-order valence-electron chi connectivity index (χ3n) is 3.54. The van der Waals surface area contributed by atoms with Crippen molar-refractivity contribution in [2.45, 2.75) is 25.3 Å². The molecule has 0 radical (unpaired) electrons. The van der Waals surface area contributed by atoms with Crippen molar-refractivity contribution in [1.29, 1.82) is 0 Å². The van der Waals surface area contributed by atoms with E-state index in [1.54, 1.807) is 12.3 Å². The highest BCUT2D eigenvalue weighted by molar-refractivity contribution is 6.10. The zero-order valence-electron chi connectivity index (χ0n) is 10.0. The van der Waals surface area contributed by atoms with Crippen molar-refractivity contribution < 1.29 is 9.18 Å². The second-order valence-electron chi connectivity index (χ2n) is 4.76. The summed E-state index contributed by atoms with van der Waals surface area (Å²) in [7, 11) is 0. The first-order valence-electron chi connectivity index (χ1n) is 6.30. The molecule has 3 nitrogen and oxygen atoms in total. The lowest BCUT2D eigenvalue weighted by molar-refractivity contribution is 0.0929. The van der Waals surface area contributed by atoms with Crippen LogP contribution in [0.2, 0.25) is 0 Å². The molecule has 0 aliphatic carbocycles. The van der Waals surface area contributed by atoms with Crippen LogP contribution in [-0.4, -0.2) is 23.4 Å². The highest BCUT2D eigenvalue weighted by atomic mass is 19.1. The number of rotatable bonds is 2. The molecule has 4 heteroatoms. The summed E-state index contributed by atoms with van der Waals surface area (Å²) in [4.78, 5) is 15.4. The molecule has 1 aromatic carbocycles. The fourth-order valence-corrected chi connectivity index (χ4v) is 2.56. The van der Waals surface area contributed by atoms with Crippen LogP contribution in [-0.2, 0) is 0 Å². The van der Waals surface area contributed by atoms with Gasteiger partial charge in [0.25, 0.3) is 0 Å². The molecule has 1 aromatic heterocycles. The first-order valence-corrected chi connectivity index (χ1v) is 6.30. The SMILES string of the molecule is O=C(c1c[nH]c2ccc(F)cc12)C1CCCCN1. The zero-order valence-corrected chi connectivity index (χ0v) is 10.0. The summed E-state index contributed by atoms with van der Waals surface area (Å²) < 4.78 is 13.3. The Kier molecular flexibility index (Phi) is 2.88. The molecule has 1 saturated heterocycles. The topological polar surface area (TPSA) is 44.9 Å². The van der Waals surface area contributed by atoms with Gasteiger partial charge < -0.3 is 10.3 Å². The summed E-state index contributed by atoms with van der Waals surface area (Å²) in [6, 6.07) is 4.35. The number of halogens is 1. The van der Waals surface area contributed by atoms with Crippen LogP contribution in [0.4, 0.5) is 4.39 Å². The molecule has 2 N–H and O–H groups in total. The van der Waals surface area contributed by atoms with E-state index >= 15 is 0 Å². The van der Waals surface area contributed by atoms with Gasteiger partial charge in [0.1, 0.15) is 5.82 Å². The van der Waals surface area contributed by atoms with Gasteiger partial charge in [-0.3, -0.25) is 4.79 Å². The minimum Gasteiger partial charge on any atom is -0.360 e. The first kappa shape index (κ1) is 11.4. The molecular formula is C14H15FN2O. The average molecular weight is 246 g/mol. The van der Waals surface area contributed by atoms with Gasteiger partial charge in [-0.15, -0.1) is 0 Å². The van der Waals surface area contributed by atoms with Crippen LogP contribution in [0.1, 0.15) is 29.6 Å². The second kappa shape index (κ2) is 4.53. The summed E-state index contributed by atoms with van der Waals surface area (Å²) in [6.07, 6.45) is 4.73. The van der Waals surface area contributed by atoms with Crippen LogP contribution in [0.5, 0.6) is 0 Å². The van der Waals surface area contributed by atoms with E-state index in [9.17, 15) is 9.18 Å². The Labute approximate surface area is 104 Å². The lowest BCUT2D eigenvalue weighted by atomic mass is 9.96. The number of carbonyl (C=O) groups is 1. The number of benzene rings is 1. The van der Waals surface area contributed by atoms with Gasteiger partial charge in [0.2, 0.25) is 0 Å². The van der Waals surface area contributed by atoms with Gasteiger partial charge in [-0.2, -0.15) is 0 Å². The van der Waals surface area contributed by atoms with E-state index in [1.807, 2.05) is 0 Å². The quantitative estimate of drug-likeness (QED) is 0.800. The lowest BCUT2D eigenvalue weighted by Crippen LogP contribution is -2.40.